The molecule has 0 amide bonds. The van der Waals surface area contributed by atoms with Crippen LogP contribution in [0, 0.1) is 0 Å². The summed E-state index contributed by atoms with van der Waals surface area (Å²) in [6.45, 7) is 0. The van der Waals surface area contributed by atoms with Crippen molar-refractivity contribution >= 4 is 11.8 Å². The van der Waals surface area contributed by atoms with Gasteiger partial charge in [0.1, 0.15) is 11.6 Å². The molecule has 0 bridgehead atoms. The highest BCUT2D eigenvalue weighted by molar-refractivity contribution is 5.96. The topological polar surface area (TPSA) is 96.4 Å². The number of nitrogens with zero attached hydrogens (tertiary/aromatic N) is 1. The molecule has 0 aliphatic rings. The SMILES string of the molecule is Nc1cc(C(=O)O)c(-c2ccc(O)cc2)cn1. The molecule has 2 aromatic rings. The minimum absolute atomic E-state index is 0.0863. The number of anilines is 1. The van der Waals surface area contributed by atoms with E-state index in [1.54, 1.807) is 12.1 Å². The third-order valence-corrected chi connectivity index (χ3v) is 2.33. The first-order valence-corrected chi connectivity index (χ1v) is 4.86. The van der Waals surface area contributed by atoms with Gasteiger partial charge in [0.15, 0.2) is 0 Å². The van der Waals surface area contributed by atoms with Crippen LogP contribution < -0.4 is 5.73 Å². The Kier molecular flexibility index (Phi) is 2.66. The highest BCUT2D eigenvalue weighted by atomic mass is 16.4. The van der Waals surface area contributed by atoms with Crippen molar-refractivity contribution in [2.45, 2.75) is 0 Å². The largest absolute Gasteiger partial charge is 0.508 e. The average Bonchev–Trinajstić information content (AvgIpc) is 2.30. The lowest BCUT2D eigenvalue weighted by atomic mass is 10.0. The van der Waals surface area contributed by atoms with Gasteiger partial charge in [-0.2, -0.15) is 0 Å². The Morgan fingerprint density at radius 2 is 1.88 bits per heavy atom. The van der Waals surface area contributed by atoms with E-state index in [1.165, 1.54) is 24.4 Å². The van der Waals surface area contributed by atoms with E-state index in [9.17, 15) is 9.90 Å². The van der Waals surface area contributed by atoms with Gasteiger partial charge in [-0.15, -0.1) is 0 Å². The first-order chi connectivity index (χ1) is 8.08. The first-order valence-electron chi connectivity index (χ1n) is 4.86. The van der Waals surface area contributed by atoms with E-state index in [0.29, 0.717) is 11.1 Å². The minimum Gasteiger partial charge on any atom is -0.508 e. The monoisotopic (exact) mass is 230 g/mol. The molecular weight excluding hydrogens is 220 g/mol. The lowest BCUT2D eigenvalue weighted by Crippen LogP contribution is -2.02. The van der Waals surface area contributed by atoms with Crippen molar-refractivity contribution in [3.8, 4) is 16.9 Å². The summed E-state index contributed by atoms with van der Waals surface area (Å²) in [4.78, 5) is 15.0. The predicted octanol–water partition coefficient (Wildman–Crippen LogP) is 1.73. The predicted molar refractivity (Wildman–Crippen MR) is 62.7 cm³/mol. The minimum atomic E-state index is -1.07. The molecule has 0 unspecified atom stereocenters. The Hall–Kier alpha value is -2.56. The van der Waals surface area contributed by atoms with Crippen LogP contribution in [0.25, 0.3) is 11.1 Å². The number of pyridine rings is 1. The summed E-state index contributed by atoms with van der Waals surface area (Å²) >= 11 is 0. The van der Waals surface area contributed by atoms with Gasteiger partial charge in [0.05, 0.1) is 5.56 Å². The number of aromatic hydroxyl groups is 1. The quantitative estimate of drug-likeness (QED) is 0.730. The van der Waals surface area contributed by atoms with Gasteiger partial charge >= 0.3 is 5.97 Å². The van der Waals surface area contributed by atoms with Gasteiger partial charge < -0.3 is 15.9 Å². The molecule has 5 nitrogen and oxygen atoms in total. The van der Waals surface area contributed by atoms with Gasteiger partial charge in [-0.1, -0.05) is 12.1 Å². The van der Waals surface area contributed by atoms with E-state index < -0.39 is 5.97 Å². The number of aromatic carboxylic acids is 1. The highest BCUT2D eigenvalue weighted by Gasteiger charge is 2.12. The van der Waals surface area contributed by atoms with E-state index >= 15 is 0 Å². The van der Waals surface area contributed by atoms with E-state index in [4.69, 9.17) is 10.8 Å². The third-order valence-electron chi connectivity index (χ3n) is 2.33. The summed E-state index contributed by atoms with van der Waals surface area (Å²) < 4.78 is 0. The number of benzene rings is 1. The Morgan fingerprint density at radius 3 is 2.47 bits per heavy atom. The molecule has 0 spiro atoms. The summed E-state index contributed by atoms with van der Waals surface area (Å²) in [5.41, 5.74) is 6.66. The molecular formula is C12H10N2O3. The number of phenols is 1. The molecule has 0 fully saturated rings. The first kappa shape index (κ1) is 10.9. The van der Waals surface area contributed by atoms with Crippen LogP contribution >= 0.6 is 0 Å². The van der Waals surface area contributed by atoms with E-state index in [2.05, 4.69) is 4.98 Å². The fourth-order valence-corrected chi connectivity index (χ4v) is 1.52. The number of carboxylic acid groups (broad SMARTS) is 1. The fourth-order valence-electron chi connectivity index (χ4n) is 1.52. The molecule has 0 atom stereocenters. The number of phenolic OH excluding ortho intramolecular Hbond substituents is 1. The standard InChI is InChI=1S/C12H10N2O3/c13-11-5-9(12(16)17)10(6-14-11)7-1-3-8(15)4-2-7/h1-6,15H,(H2,13,14)(H,16,17). The molecule has 0 saturated heterocycles. The number of carboxylic acids is 1. The van der Waals surface area contributed by atoms with Crippen molar-refractivity contribution in [3.05, 3.63) is 42.1 Å². The van der Waals surface area contributed by atoms with Crippen molar-refractivity contribution in [1.82, 2.24) is 4.98 Å². The third kappa shape index (κ3) is 2.17. The van der Waals surface area contributed by atoms with E-state index in [1.807, 2.05) is 0 Å². The summed E-state index contributed by atoms with van der Waals surface area (Å²) in [5.74, 6) is -0.791. The Morgan fingerprint density at radius 1 is 1.24 bits per heavy atom. The number of nitrogens with two attached hydrogens (primary N) is 1. The normalized spacial score (nSPS) is 10.1. The van der Waals surface area contributed by atoms with Crippen LogP contribution in [0.1, 0.15) is 10.4 Å². The van der Waals surface area contributed by atoms with Crippen molar-refractivity contribution in [1.29, 1.82) is 0 Å². The number of carbonyl (C=O) groups is 1. The number of hydrogen-bond acceptors (Lipinski definition) is 4. The van der Waals surface area contributed by atoms with E-state index in [-0.39, 0.29) is 17.1 Å². The maximum Gasteiger partial charge on any atom is 0.336 e. The second-order valence-corrected chi connectivity index (χ2v) is 3.51. The van der Waals surface area contributed by atoms with Crippen LogP contribution in [-0.2, 0) is 0 Å². The van der Waals surface area contributed by atoms with E-state index in [0.717, 1.165) is 0 Å². The maximum absolute atomic E-state index is 11.1. The number of hydrogen-bond donors (Lipinski definition) is 3. The Labute approximate surface area is 97.2 Å². The fraction of sp³-hybridized carbons (Fsp3) is 0. The van der Waals surface area contributed by atoms with Gasteiger partial charge in [0, 0.05) is 11.8 Å². The molecule has 2 rings (SSSR count). The molecule has 86 valence electrons. The molecule has 1 heterocycles. The molecule has 0 radical (unpaired) electrons. The smallest absolute Gasteiger partial charge is 0.336 e. The van der Waals surface area contributed by atoms with Crippen LogP contribution in [0.5, 0.6) is 5.75 Å². The Balaban J connectivity index is 2.58. The molecule has 1 aromatic heterocycles. The molecule has 0 aliphatic heterocycles. The zero-order valence-corrected chi connectivity index (χ0v) is 8.79. The lowest BCUT2D eigenvalue weighted by Gasteiger charge is -2.06. The van der Waals surface area contributed by atoms with Crippen LogP contribution in [0.15, 0.2) is 36.5 Å². The molecule has 17 heavy (non-hydrogen) atoms. The highest BCUT2D eigenvalue weighted by Crippen LogP contribution is 2.25. The van der Waals surface area contributed by atoms with Crippen LogP contribution in [-0.4, -0.2) is 21.2 Å². The van der Waals surface area contributed by atoms with Gasteiger partial charge in [0.25, 0.3) is 0 Å². The average molecular weight is 230 g/mol. The van der Waals surface area contributed by atoms with Gasteiger partial charge in [0.2, 0.25) is 0 Å². The lowest BCUT2D eigenvalue weighted by molar-refractivity contribution is 0.0697. The summed E-state index contributed by atoms with van der Waals surface area (Å²) in [5, 5.41) is 18.2. The molecule has 0 saturated carbocycles. The summed E-state index contributed by atoms with van der Waals surface area (Å²) in [6.07, 6.45) is 1.41. The zero-order chi connectivity index (χ0) is 12.4. The summed E-state index contributed by atoms with van der Waals surface area (Å²) in [7, 11) is 0. The number of rotatable bonds is 2. The molecule has 0 aliphatic carbocycles. The van der Waals surface area contributed by atoms with Gasteiger partial charge in [-0.25, -0.2) is 9.78 Å². The van der Waals surface area contributed by atoms with Crippen molar-refractivity contribution < 1.29 is 15.0 Å². The zero-order valence-electron chi connectivity index (χ0n) is 8.79. The second kappa shape index (κ2) is 4.13. The molecule has 4 N–H and O–H groups in total. The van der Waals surface area contributed by atoms with Gasteiger partial charge in [-0.3, -0.25) is 0 Å². The van der Waals surface area contributed by atoms with Crippen molar-refractivity contribution in [2.75, 3.05) is 5.73 Å². The maximum atomic E-state index is 11.1. The second-order valence-electron chi connectivity index (χ2n) is 3.51. The summed E-state index contributed by atoms with van der Waals surface area (Å²) in [6, 6.07) is 7.52. The van der Waals surface area contributed by atoms with Crippen LogP contribution in [0.3, 0.4) is 0 Å². The van der Waals surface area contributed by atoms with Gasteiger partial charge in [-0.05, 0) is 23.8 Å². The van der Waals surface area contributed by atoms with Crippen LogP contribution in [0.2, 0.25) is 0 Å². The molecule has 1 aromatic carbocycles. The molecule has 5 heteroatoms. The number of aromatic nitrogens is 1. The Bertz CT molecular complexity index is 564. The number of nitrogen functional groups attached to an aromatic ring is 1. The van der Waals surface area contributed by atoms with Crippen molar-refractivity contribution in [3.63, 3.8) is 0 Å². The van der Waals surface area contributed by atoms with Crippen LogP contribution in [0.4, 0.5) is 5.82 Å². The van der Waals surface area contributed by atoms with Crippen molar-refractivity contribution in [2.24, 2.45) is 0 Å².